The van der Waals surface area contributed by atoms with Gasteiger partial charge in [-0.2, -0.15) is 0 Å². The molecular weight excluding hydrogens is 400 g/mol. The van der Waals surface area contributed by atoms with Gasteiger partial charge in [-0.1, -0.05) is 44.8 Å². The van der Waals surface area contributed by atoms with Crippen molar-refractivity contribution in [2.24, 2.45) is 0 Å². The molecule has 118 valence electrons. The molecule has 0 saturated heterocycles. The summed E-state index contributed by atoms with van der Waals surface area (Å²) >= 11 is 6.91. The van der Waals surface area contributed by atoms with E-state index >= 15 is 0 Å². The van der Waals surface area contributed by atoms with Crippen molar-refractivity contribution in [1.82, 2.24) is 0 Å². The van der Waals surface area contributed by atoms with Crippen LogP contribution in [0.25, 0.3) is 0 Å². The Labute approximate surface area is 143 Å². The van der Waals surface area contributed by atoms with Gasteiger partial charge in [0.25, 0.3) is 0 Å². The summed E-state index contributed by atoms with van der Waals surface area (Å²) in [7, 11) is 0. The van der Waals surface area contributed by atoms with E-state index in [0.717, 1.165) is 41.4 Å². The number of ether oxygens (including phenoxy) is 1. The molecule has 0 aliphatic carbocycles. The second-order valence-corrected chi connectivity index (χ2v) is 6.32. The van der Waals surface area contributed by atoms with Crippen LogP contribution in [0.1, 0.15) is 25.3 Å². The zero-order valence-electron chi connectivity index (χ0n) is 12.5. The lowest BCUT2D eigenvalue weighted by molar-refractivity contribution is -0.134. The average molecular weight is 422 g/mol. The number of benzene rings is 1. The maximum absolute atomic E-state index is 11.7. The zero-order chi connectivity index (χ0) is 15.8. The first-order chi connectivity index (χ1) is 10.0. The van der Waals surface area contributed by atoms with E-state index in [9.17, 15) is 4.79 Å². The molecule has 21 heavy (non-hydrogen) atoms. The number of anilines is 2. The Kier molecular flexibility index (Phi) is 8.11. The Morgan fingerprint density at radius 2 is 1.90 bits per heavy atom. The van der Waals surface area contributed by atoms with E-state index in [2.05, 4.69) is 36.8 Å². The molecule has 0 amide bonds. The second-order valence-electron chi connectivity index (χ2n) is 4.73. The van der Waals surface area contributed by atoms with Gasteiger partial charge in [0.1, 0.15) is 0 Å². The lowest BCUT2D eigenvalue weighted by Gasteiger charge is -2.26. The summed E-state index contributed by atoms with van der Waals surface area (Å²) in [6, 6.07) is 3.92. The number of aryl methyl sites for hydroxylation is 1. The van der Waals surface area contributed by atoms with Crippen molar-refractivity contribution >= 4 is 49.2 Å². The smallest absolute Gasteiger partial charge is 0.311 e. The van der Waals surface area contributed by atoms with Crippen LogP contribution in [-0.4, -0.2) is 29.7 Å². The molecule has 0 spiro atoms. The maximum atomic E-state index is 11.7. The fourth-order valence-corrected chi connectivity index (χ4v) is 2.89. The number of carbonyl (C=O) groups excluding carboxylic acids is 1. The van der Waals surface area contributed by atoms with Crippen LogP contribution in [-0.2, 0) is 4.79 Å². The van der Waals surface area contributed by atoms with Gasteiger partial charge in [-0.05, 0) is 25.0 Å². The summed E-state index contributed by atoms with van der Waals surface area (Å²) in [5.74, 6) is 0.247. The Hall–Kier alpha value is -0.750. The van der Waals surface area contributed by atoms with Crippen molar-refractivity contribution < 1.29 is 9.53 Å². The molecule has 2 N–H and O–H groups in total. The van der Waals surface area contributed by atoms with Crippen LogP contribution in [0.3, 0.4) is 0 Å². The standard InChI is InChI=1S/C15H22Br2N2O2/c1-3-4-13(20)21-15-11(2)5-6-12(14(15)18)19(9-7-16)10-8-17/h5-6H,3-4,7-10,18H2,1-2H3. The third-order valence-corrected chi connectivity index (χ3v) is 3.80. The van der Waals surface area contributed by atoms with Gasteiger partial charge in [-0.15, -0.1) is 0 Å². The molecule has 0 aliphatic rings. The van der Waals surface area contributed by atoms with Crippen LogP contribution in [0.15, 0.2) is 12.1 Å². The first-order valence-electron chi connectivity index (χ1n) is 7.01. The van der Waals surface area contributed by atoms with Crippen molar-refractivity contribution in [3.05, 3.63) is 17.7 Å². The summed E-state index contributed by atoms with van der Waals surface area (Å²) in [4.78, 5) is 13.9. The second kappa shape index (κ2) is 9.30. The van der Waals surface area contributed by atoms with Crippen LogP contribution >= 0.6 is 31.9 Å². The number of nitrogens with zero attached hydrogens (tertiary/aromatic N) is 1. The van der Waals surface area contributed by atoms with E-state index in [1.54, 1.807) is 0 Å². The highest BCUT2D eigenvalue weighted by molar-refractivity contribution is 9.09. The average Bonchev–Trinajstić information content (AvgIpc) is 2.44. The number of alkyl halides is 2. The zero-order valence-corrected chi connectivity index (χ0v) is 15.7. The van der Waals surface area contributed by atoms with Gasteiger partial charge < -0.3 is 15.4 Å². The highest BCUT2D eigenvalue weighted by Crippen LogP contribution is 2.35. The van der Waals surface area contributed by atoms with Crippen LogP contribution in [0.2, 0.25) is 0 Å². The van der Waals surface area contributed by atoms with E-state index in [-0.39, 0.29) is 5.97 Å². The van der Waals surface area contributed by atoms with Crippen LogP contribution < -0.4 is 15.4 Å². The van der Waals surface area contributed by atoms with Gasteiger partial charge >= 0.3 is 5.97 Å². The predicted molar refractivity (Wildman–Crippen MR) is 95.9 cm³/mol. The minimum Gasteiger partial charge on any atom is -0.424 e. The number of hydrogen-bond acceptors (Lipinski definition) is 4. The van der Waals surface area contributed by atoms with Gasteiger partial charge in [0, 0.05) is 30.2 Å². The summed E-state index contributed by atoms with van der Waals surface area (Å²) in [5.41, 5.74) is 8.54. The molecule has 1 aromatic rings. The van der Waals surface area contributed by atoms with Crippen molar-refractivity contribution in [2.75, 3.05) is 34.4 Å². The number of hydrogen-bond donors (Lipinski definition) is 1. The number of carbonyl (C=O) groups is 1. The van der Waals surface area contributed by atoms with E-state index in [0.29, 0.717) is 17.9 Å². The van der Waals surface area contributed by atoms with Gasteiger partial charge in [0.15, 0.2) is 5.75 Å². The predicted octanol–water partition coefficient (Wildman–Crippen LogP) is 3.88. The lowest BCUT2D eigenvalue weighted by Crippen LogP contribution is -2.28. The SMILES string of the molecule is CCCC(=O)Oc1c(C)ccc(N(CCBr)CCBr)c1N. The number of rotatable bonds is 8. The van der Waals surface area contributed by atoms with Gasteiger partial charge in [0.05, 0.1) is 11.4 Å². The Bertz CT molecular complexity index is 475. The lowest BCUT2D eigenvalue weighted by atomic mass is 10.1. The summed E-state index contributed by atoms with van der Waals surface area (Å²) in [6.07, 6.45) is 1.16. The van der Waals surface area contributed by atoms with Gasteiger partial charge in [-0.25, -0.2) is 0 Å². The minimum absolute atomic E-state index is 0.239. The van der Waals surface area contributed by atoms with E-state index in [1.165, 1.54) is 0 Å². The first kappa shape index (κ1) is 18.3. The molecule has 0 aliphatic heterocycles. The highest BCUT2D eigenvalue weighted by atomic mass is 79.9. The van der Waals surface area contributed by atoms with E-state index in [4.69, 9.17) is 10.5 Å². The molecule has 1 rings (SSSR count). The molecule has 4 nitrogen and oxygen atoms in total. The molecule has 0 aromatic heterocycles. The van der Waals surface area contributed by atoms with Gasteiger partial charge in [-0.3, -0.25) is 4.79 Å². The molecule has 1 aromatic carbocycles. The van der Waals surface area contributed by atoms with Crippen molar-refractivity contribution in [2.45, 2.75) is 26.7 Å². The van der Waals surface area contributed by atoms with Crippen molar-refractivity contribution in [1.29, 1.82) is 0 Å². The molecular formula is C15H22Br2N2O2. The Balaban J connectivity index is 3.09. The molecule has 0 atom stereocenters. The minimum atomic E-state index is -0.239. The highest BCUT2D eigenvalue weighted by Gasteiger charge is 2.17. The molecule has 0 bridgehead atoms. The van der Waals surface area contributed by atoms with Crippen LogP contribution in [0.5, 0.6) is 5.75 Å². The Morgan fingerprint density at radius 3 is 2.43 bits per heavy atom. The van der Waals surface area contributed by atoms with Crippen molar-refractivity contribution in [3.63, 3.8) is 0 Å². The summed E-state index contributed by atoms with van der Waals surface area (Å²) < 4.78 is 5.45. The molecule has 0 saturated carbocycles. The quantitative estimate of drug-likeness (QED) is 0.299. The largest absolute Gasteiger partial charge is 0.424 e. The topological polar surface area (TPSA) is 55.6 Å². The monoisotopic (exact) mass is 420 g/mol. The summed E-state index contributed by atoms with van der Waals surface area (Å²) in [5, 5.41) is 1.69. The van der Waals surface area contributed by atoms with E-state index in [1.807, 2.05) is 26.0 Å². The number of nitrogens with two attached hydrogens (primary N) is 1. The van der Waals surface area contributed by atoms with Crippen LogP contribution in [0, 0.1) is 6.92 Å². The molecule has 0 radical (unpaired) electrons. The molecule has 0 fully saturated rings. The fourth-order valence-electron chi connectivity index (χ4n) is 2.04. The summed E-state index contributed by atoms with van der Waals surface area (Å²) in [6.45, 7) is 5.51. The Morgan fingerprint density at radius 1 is 1.29 bits per heavy atom. The number of nitrogen functional groups attached to an aromatic ring is 1. The number of halogens is 2. The fraction of sp³-hybridized carbons (Fsp3) is 0.533. The third-order valence-electron chi connectivity index (χ3n) is 3.09. The first-order valence-corrected chi connectivity index (χ1v) is 9.26. The van der Waals surface area contributed by atoms with Crippen LogP contribution in [0.4, 0.5) is 11.4 Å². The molecule has 0 heterocycles. The maximum Gasteiger partial charge on any atom is 0.311 e. The molecule has 6 heteroatoms. The van der Waals surface area contributed by atoms with E-state index < -0.39 is 0 Å². The van der Waals surface area contributed by atoms with Crippen molar-refractivity contribution in [3.8, 4) is 5.75 Å². The van der Waals surface area contributed by atoms with Gasteiger partial charge in [0.2, 0.25) is 0 Å². The number of esters is 1. The third kappa shape index (κ3) is 5.18. The normalized spacial score (nSPS) is 10.5. The molecule has 0 unspecified atom stereocenters.